The summed E-state index contributed by atoms with van der Waals surface area (Å²) in [7, 11) is 1.62. The highest BCUT2D eigenvalue weighted by atomic mass is 32.2. The summed E-state index contributed by atoms with van der Waals surface area (Å²) in [5.74, 6) is 1.27. The van der Waals surface area contributed by atoms with Crippen molar-refractivity contribution in [3.8, 4) is 5.75 Å². The van der Waals surface area contributed by atoms with E-state index in [9.17, 15) is 9.59 Å². The van der Waals surface area contributed by atoms with Crippen LogP contribution in [-0.4, -0.2) is 41.7 Å². The standard InChI is InChI=1S/C25H34N2O3S/c1-6-23(25(29)26-18(2)3)27(17-20-8-7-9-21(16-20)30-5)24(28)14-15-31-22-12-10-19(4)11-13-22/h7-13,16,18,23H,6,14-15,17H2,1-5H3,(H,26,29)/t23-/m0/s1. The molecule has 1 atom stereocenters. The summed E-state index contributed by atoms with van der Waals surface area (Å²) >= 11 is 1.66. The van der Waals surface area contributed by atoms with Crippen molar-refractivity contribution in [1.29, 1.82) is 0 Å². The van der Waals surface area contributed by atoms with Crippen molar-refractivity contribution in [2.75, 3.05) is 12.9 Å². The second-order valence-corrected chi connectivity index (χ2v) is 9.04. The molecule has 2 amide bonds. The minimum Gasteiger partial charge on any atom is -0.497 e. The number of hydrogen-bond donors (Lipinski definition) is 1. The van der Waals surface area contributed by atoms with E-state index < -0.39 is 6.04 Å². The number of amides is 2. The Morgan fingerprint density at radius 1 is 1.13 bits per heavy atom. The van der Waals surface area contributed by atoms with Gasteiger partial charge in [-0.1, -0.05) is 36.8 Å². The number of rotatable bonds is 11. The van der Waals surface area contributed by atoms with Crippen molar-refractivity contribution in [2.45, 2.75) is 64.1 Å². The molecule has 2 aromatic rings. The number of benzene rings is 2. The summed E-state index contributed by atoms with van der Waals surface area (Å²) in [5.41, 5.74) is 2.15. The molecule has 0 unspecified atom stereocenters. The maximum Gasteiger partial charge on any atom is 0.243 e. The van der Waals surface area contributed by atoms with Gasteiger partial charge in [0, 0.05) is 29.7 Å². The highest BCUT2D eigenvalue weighted by Crippen LogP contribution is 2.22. The summed E-state index contributed by atoms with van der Waals surface area (Å²) < 4.78 is 5.32. The van der Waals surface area contributed by atoms with E-state index in [1.165, 1.54) is 5.56 Å². The first-order valence-corrected chi connectivity index (χ1v) is 11.7. The van der Waals surface area contributed by atoms with E-state index in [1.807, 2.05) is 45.0 Å². The average molecular weight is 443 g/mol. The Morgan fingerprint density at radius 2 is 1.84 bits per heavy atom. The lowest BCUT2D eigenvalue weighted by Gasteiger charge is -2.31. The largest absolute Gasteiger partial charge is 0.497 e. The number of hydrogen-bond acceptors (Lipinski definition) is 4. The second-order valence-electron chi connectivity index (χ2n) is 7.87. The van der Waals surface area contributed by atoms with Gasteiger partial charge in [-0.2, -0.15) is 0 Å². The van der Waals surface area contributed by atoms with Crippen molar-refractivity contribution in [1.82, 2.24) is 10.2 Å². The molecular weight excluding hydrogens is 408 g/mol. The SMILES string of the molecule is CC[C@@H](C(=O)NC(C)C)N(Cc1cccc(OC)c1)C(=O)CCSc1ccc(C)cc1. The molecule has 0 aliphatic heterocycles. The van der Waals surface area contributed by atoms with Gasteiger partial charge in [-0.3, -0.25) is 9.59 Å². The first-order chi connectivity index (χ1) is 14.8. The number of carbonyl (C=O) groups is 2. The first kappa shape index (κ1) is 24.8. The molecule has 0 saturated carbocycles. The Balaban J connectivity index is 2.14. The predicted octanol–water partition coefficient (Wildman–Crippen LogP) is 4.82. The molecule has 2 aromatic carbocycles. The minimum absolute atomic E-state index is 0.0202. The lowest BCUT2D eigenvalue weighted by atomic mass is 10.1. The van der Waals surface area contributed by atoms with Crippen LogP contribution < -0.4 is 10.1 Å². The van der Waals surface area contributed by atoms with Gasteiger partial charge < -0.3 is 15.0 Å². The van der Waals surface area contributed by atoms with E-state index in [1.54, 1.807) is 23.8 Å². The molecule has 0 bridgehead atoms. The van der Waals surface area contributed by atoms with Crippen LogP contribution in [0.3, 0.4) is 0 Å². The Kier molecular flexibility index (Phi) is 9.92. The Labute approximate surface area is 190 Å². The summed E-state index contributed by atoms with van der Waals surface area (Å²) in [6.45, 7) is 8.22. The molecule has 1 N–H and O–H groups in total. The Bertz CT molecular complexity index is 852. The Morgan fingerprint density at radius 3 is 2.45 bits per heavy atom. The van der Waals surface area contributed by atoms with Crippen LogP contribution >= 0.6 is 11.8 Å². The third-order valence-corrected chi connectivity index (χ3v) is 5.92. The number of methoxy groups -OCH3 is 1. The maximum absolute atomic E-state index is 13.2. The molecule has 0 aromatic heterocycles. The van der Waals surface area contributed by atoms with Gasteiger partial charge in [0.05, 0.1) is 7.11 Å². The van der Waals surface area contributed by atoms with E-state index in [-0.39, 0.29) is 17.9 Å². The lowest BCUT2D eigenvalue weighted by Crippen LogP contribution is -2.50. The number of carbonyl (C=O) groups excluding carboxylic acids is 2. The fourth-order valence-corrected chi connectivity index (χ4v) is 4.14. The monoisotopic (exact) mass is 442 g/mol. The number of nitrogens with zero attached hydrogens (tertiary/aromatic N) is 1. The summed E-state index contributed by atoms with van der Waals surface area (Å²) in [6.07, 6.45) is 0.924. The third kappa shape index (κ3) is 7.94. The molecular formula is C25H34N2O3S. The molecule has 0 saturated heterocycles. The zero-order chi connectivity index (χ0) is 22.8. The van der Waals surface area contributed by atoms with Gasteiger partial charge in [0.2, 0.25) is 11.8 Å². The molecule has 5 nitrogen and oxygen atoms in total. The predicted molar refractivity (Wildman–Crippen MR) is 127 cm³/mol. The molecule has 0 heterocycles. The topological polar surface area (TPSA) is 58.6 Å². The van der Waals surface area contributed by atoms with Crippen LogP contribution in [0.4, 0.5) is 0 Å². The van der Waals surface area contributed by atoms with Gasteiger partial charge in [-0.25, -0.2) is 0 Å². The van der Waals surface area contributed by atoms with Crippen LogP contribution in [0.15, 0.2) is 53.4 Å². The molecule has 6 heteroatoms. The van der Waals surface area contributed by atoms with E-state index >= 15 is 0 Å². The summed E-state index contributed by atoms with van der Waals surface area (Å²) in [4.78, 5) is 28.9. The van der Waals surface area contributed by atoms with Crippen molar-refractivity contribution in [3.05, 3.63) is 59.7 Å². The number of ether oxygens (including phenoxy) is 1. The van der Waals surface area contributed by atoms with E-state index in [2.05, 4.69) is 36.5 Å². The fraction of sp³-hybridized carbons (Fsp3) is 0.440. The summed E-state index contributed by atoms with van der Waals surface area (Å²) in [5, 5.41) is 2.96. The average Bonchev–Trinajstić information content (AvgIpc) is 2.74. The van der Waals surface area contributed by atoms with Crippen molar-refractivity contribution in [2.24, 2.45) is 0 Å². The molecule has 0 aliphatic carbocycles. The fourth-order valence-electron chi connectivity index (χ4n) is 3.30. The molecule has 0 spiro atoms. The van der Waals surface area contributed by atoms with Crippen LogP contribution in [0.2, 0.25) is 0 Å². The highest BCUT2D eigenvalue weighted by Gasteiger charge is 2.28. The van der Waals surface area contributed by atoms with Gasteiger partial charge >= 0.3 is 0 Å². The van der Waals surface area contributed by atoms with Gasteiger partial charge in [-0.05, 0) is 57.0 Å². The normalized spacial score (nSPS) is 11.8. The van der Waals surface area contributed by atoms with Crippen molar-refractivity contribution >= 4 is 23.6 Å². The van der Waals surface area contributed by atoms with Crippen LogP contribution in [0.5, 0.6) is 5.75 Å². The van der Waals surface area contributed by atoms with Crippen molar-refractivity contribution < 1.29 is 14.3 Å². The quantitative estimate of drug-likeness (QED) is 0.507. The van der Waals surface area contributed by atoms with Gasteiger partial charge in [0.1, 0.15) is 11.8 Å². The smallest absolute Gasteiger partial charge is 0.243 e. The molecule has 0 radical (unpaired) electrons. The maximum atomic E-state index is 13.2. The van der Waals surface area contributed by atoms with E-state index in [0.717, 1.165) is 16.2 Å². The Hall–Kier alpha value is -2.47. The van der Waals surface area contributed by atoms with Crippen LogP contribution in [-0.2, 0) is 16.1 Å². The zero-order valence-corrected chi connectivity index (χ0v) is 20.0. The minimum atomic E-state index is -0.509. The van der Waals surface area contributed by atoms with Gasteiger partial charge in [0.25, 0.3) is 0 Å². The van der Waals surface area contributed by atoms with E-state index in [0.29, 0.717) is 25.1 Å². The number of thioether (sulfide) groups is 1. The lowest BCUT2D eigenvalue weighted by molar-refractivity contribution is -0.141. The van der Waals surface area contributed by atoms with Crippen LogP contribution in [0.1, 0.15) is 44.7 Å². The molecule has 0 fully saturated rings. The van der Waals surface area contributed by atoms with Crippen LogP contribution in [0, 0.1) is 6.92 Å². The van der Waals surface area contributed by atoms with Crippen LogP contribution in [0.25, 0.3) is 0 Å². The zero-order valence-electron chi connectivity index (χ0n) is 19.2. The van der Waals surface area contributed by atoms with Gasteiger partial charge in [0.15, 0.2) is 0 Å². The summed E-state index contributed by atoms with van der Waals surface area (Å²) in [6, 6.07) is 15.4. The third-order valence-electron chi connectivity index (χ3n) is 4.91. The molecule has 31 heavy (non-hydrogen) atoms. The molecule has 168 valence electrons. The van der Waals surface area contributed by atoms with E-state index in [4.69, 9.17) is 4.74 Å². The number of aryl methyl sites for hydroxylation is 1. The molecule has 0 aliphatic rings. The second kappa shape index (κ2) is 12.4. The van der Waals surface area contributed by atoms with Crippen molar-refractivity contribution in [3.63, 3.8) is 0 Å². The highest BCUT2D eigenvalue weighted by molar-refractivity contribution is 7.99. The first-order valence-electron chi connectivity index (χ1n) is 10.8. The number of nitrogens with one attached hydrogen (secondary N) is 1. The molecule has 2 rings (SSSR count). The van der Waals surface area contributed by atoms with Gasteiger partial charge in [-0.15, -0.1) is 11.8 Å².